The lowest BCUT2D eigenvalue weighted by Crippen LogP contribution is -2.21. The lowest BCUT2D eigenvalue weighted by molar-refractivity contribution is -0.122. The molecular formula is C14H20O4. The molecule has 0 radical (unpaired) electrons. The van der Waals surface area contributed by atoms with E-state index in [9.17, 15) is 4.79 Å². The molecule has 0 aromatic heterocycles. The molecule has 0 saturated heterocycles. The number of ketones is 1. The molecule has 0 amide bonds. The molecule has 0 N–H and O–H groups in total. The number of rotatable bonds is 6. The minimum atomic E-state index is -0.504. The number of carbonyl (C=O) groups is 1. The van der Waals surface area contributed by atoms with Crippen LogP contribution in [-0.4, -0.2) is 26.1 Å². The molecule has 1 aromatic rings. The summed E-state index contributed by atoms with van der Waals surface area (Å²) in [5.74, 6) is 1.84. The topological polar surface area (TPSA) is 44.8 Å². The van der Waals surface area contributed by atoms with E-state index in [0.717, 1.165) is 17.7 Å². The highest BCUT2D eigenvalue weighted by molar-refractivity contribution is 5.80. The third kappa shape index (κ3) is 3.15. The van der Waals surface area contributed by atoms with Crippen LogP contribution in [0.2, 0.25) is 0 Å². The molecule has 0 aliphatic carbocycles. The largest absolute Gasteiger partial charge is 0.496 e. The maximum atomic E-state index is 11.2. The molecule has 100 valence electrons. The van der Waals surface area contributed by atoms with Gasteiger partial charge < -0.3 is 14.2 Å². The van der Waals surface area contributed by atoms with Crippen molar-refractivity contribution < 1.29 is 19.0 Å². The second-order valence-corrected chi connectivity index (χ2v) is 4.04. The molecule has 0 fully saturated rings. The van der Waals surface area contributed by atoms with Crippen molar-refractivity contribution in [2.75, 3.05) is 14.2 Å². The lowest BCUT2D eigenvalue weighted by Gasteiger charge is -2.17. The second kappa shape index (κ2) is 6.28. The summed E-state index contributed by atoms with van der Waals surface area (Å²) in [7, 11) is 3.19. The summed E-state index contributed by atoms with van der Waals surface area (Å²) in [5, 5.41) is 0. The molecule has 0 aliphatic heterocycles. The average molecular weight is 252 g/mol. The van der Waals surface area contributed by atoms with Gasteiger partial charge in [0.25, 0.3) is 0 Å². The van der Waals surface area contributed by atoms with E-state index in [-0.39, 0.29) is 5.78 Å². The predicted molar refractivity (Wildman–Crippen MR) is 69.7 cm³/mol. The zero-order chi connectivity index (χ0) is 13.7. The number of carbonyl (C=O) groups excluding carboxylic acids is 1. The van der Waals surface area contributed by atoms with E-state index in [2.05, 4.69) is 0 Å². The fourth-order valence-corrected chi connectivity index (χ4v) is 1.57. The number of benzene rings is 1. The Kier molecular flexibility index (Phi) is 5.01. The molecule has 4 heteroatoms. The van der Waals surface area contributed by atoms with Gasteiger partial charge in [-0.2, -0.15) is 0 Å². The minimum Gasteiger partial charge on any atom is -0.496 e. The Labute approximate surface area is 108 Å². The zero-order valence-corrected chi connectivity index (χ0v) is 11.6. The molecule has 4 nitrogen and oxygen atoms in total. The van der Waals surface area contributed by atoms with Crippen LogP contribution in [0.5, 0.6) is 17.2 Å². The third-order valence-corrected chi connectivity index (χ3v) is 2.82. The van der Waals surface area contributed by atoms with Gasteiger partial charge in [0, 0.05) is 6.07 Å². The van der Waals surface area contributed by atoms with Crippen LogP contribution < -0.4 is 14.2 Å². The summed E-state index contributed by atoms with van der Waals surface area (Å²) in [6.45, 7) is 5.24. The summed E-state index contributed by atoms with van der Waals surface area (Å²) in [4.78, 5) is 11.2. The standard InChI is InChI=1S/C14H20O4/c1-6-11-7-13(17-5)14(8-12(11)16-4)18-10(3)9(2)15/h7-8,10H,6H2,1-5H3. The van der Waals surface area contributed by atoms with E-state index in [1.54, 1.807) is 27.2 Å². The monoisotopic (exact) mass is 252 g/mol. The van der Waals surface area contributed by atoms with Crippen molar-refractivity contribution in [3.63, 3.8) is 0 Å². The van der Waals surface area contributed by atoms with Crippen LogP contribution in [0, 0.1) is 0 Å². The molecule has 1 unspecified atom stereocenters. The first-order valence-electron chi connectivity index (χ1n) is 5.95. The Morgan fingerprint density at radius 2 is 1.78 bits per heavy atom. The minimum absolute atomic E-state index is 0.0319. The second-order valence-electron chi connectivity index (χ2n) is 4.04. The van der Waals surface area contributed by atoms with Crippen LogP contribution in [0.15, 0.2) is 12.1 Å². The summed E-state index contributed by atoms with van der Waals surface area (Å²) >= 11 is 0. The average Bonchev–Trinajstić information content (AvgIpc) is 2.37. The first kappa shape index (κ1) is 14.4. The summed E-state index contributed by atoms with van der Waals surface area (Å²) in [6.07, 6.45) is 0.332. The Balaban J connectivity index is 3.13. The molecule has 0 aliphatic rings. The highest BCUT2D eigenvalue weighted by Gasteiger charge is 2.16. The first-order chi connectivity index (χ1) is 8.53. The van der Waals surface area contributed by atoms with Crippen molar-refractivity contribution in [3.05, 3.63) is 17.7 Å². The van der Waals surface area contributed by atoms with Gasteiger partial charge in [-0.15, -0.1) is 0 Å². The van der Waals surface area contributed by atoms with E-state index in [1.165, 1.54) is 6.92 Å². The Hall–Kier alpha value is -1.71. The molecule has 0 heterocycles. The number of hydrogen-bond acceptors (Lipinski definition) is 4. The number of hydrogen-bond donors (Lipinski definition) is 0. The van der Waals surface area contributed by atoms with E-state index >= 15 is 0 Å². The van der Waals surface area contributed by atoms with Gasteiger partial charge >= 0.3 is 0 Å². The Morgan fingerprint density at radius 3 is 2.22 bits per heavy atom. The molecule has 1 aromatic carbocycles. The Bertz CT molecular complexity index is 426. The highest BCUT2D eigenvalue weighted by atomic mass is 16.5. The van der Waals surface area contributed by atoms with Crippen LogP contribution in [0.4, 0.5) is 0 Å². The maximum Gasteiger partial charge on any atom is 0.169 e. The van der Waals surface area contributed by atoms with Gasteiger partial charge in [-0.25, -0.2) is 0 Å². The zero-order valence-electron chi connectivity index (χ0n) is 11.6. The highest BCUT2D eigenvalue weighted by Crippen LogP contribution is 2.35. The molecule has 1 rings (SSSR count). The number of aryl methyl sites for hydroxylation is 1. The van der Waals surface area contributed by atoms with Crippen LogP contribution in [0.3, 0.4) is 0 Å². The molecule has 0 spiro atoms. The smallest absolute Gasteiger partial charge is 0.169 e. The molecule has 0 saturated carbocycles. The molecule has 1 atom stereocenters. The van der Waals surface area contributed by atoms with Crippen molar-refractivity contribution in [2.45, 2.75) is 33.3 Å². The van der Waals surface area contributed by atoms with Crippen LogP contribution in [-0.2, 0) is 11.2 Å². The SMILES string of the molecule is CCc1cc(OC)c(OC(C)C(C)=O)cc1OC. The van der Waals surface area contributed by atoms with Gasteiger partial charge in [-0.3, -0.25) is 4.79 Å². The third-order valence-electron chi connectivity index (χ3n) is 2.82. The van der Waals surface area contributed by atoms with Gasteiger partial charge in [-0.1, -0.05) is 6.92 Å². The number of methoxy groups -OCH3 is 2. The predicted octanol–water partition coefficient (Wildman–Crippen LogP) is 2.62. The maximum absolute atomic E-state index is 11.2. The van der Waals surface area contributed by atoms with E-state index in [1.807, 2.05) is 13.0 Å². The number of Topliss-reactive ketones (excluding diaryl/α,β-unsaturated/α-hetero) is 1. The molecular weight excluding hydrogens is 232 g/mol. The van der Waals surface area contributed by atoms with Gasteiger partial charge in [0.2, 0.25) is 0 Å². The normalized spacial score (nSPS) is 11.8. The quantitative estimate of drug-likeness (QED) is 0.780. The lowest BCUT2D eigenvalue weighted by atomic mass is 10.1. The van der Waals surface area contributed by atoms with E-state index in [4.69, 9.17) is 14.2 Å². The van der Waals surface area contributed by atoms with Crippen molar-refractivity contribution >= 4 is 5.78 Å². The van der Waals surface area contributed by atoms with Gasteiger partial charge in [-0.05, 0) is 31.9 Å². The fraction of sp³-hybridized carbons (Fsp3) is 0.500. The van der Waals surface area contributed by atoms with Gasteiger partial charge in [0.15, 0.2) is 23.4 Å². The van der Waals surface area contributed by atoms with Crippen molar-refractivity contribution in [2.24, 2.45) is 0 Å². The summed E-state index contributed by atoms with van der Waals surface area (Å²) < 4.78 is 16.2. The molecule has 0 bridgehead atoms. The van der Waals surface area contributed by atoms with Crippen molar-refractivity contribution in [1.29, 1.82) is 0 Å². The van der Waals surface area contributed by atoms with Gasteiger partial charge in [0.05, 0.1) is 14.2 Å². The Morgan fingerprint density at radius 1 is 1.17 bits per heavy atom. The summed E-state index contributed by atoms with van der Waals surface area (Å²) in [5.41, 5.74) is 1.04. The first-order valence-corrected chi connectivity index (χ1v) is 5.95. The van der Waals surface area contributed by atoms with Crippen LogP contribution >= 0.6 is 0 Å². The van der Waals surface area contributed by atoms with Gasteiger partial charge in [0.1, 0.15) is 5.75 Å². The fourth-order valence-electron chi connectivity index (χ4n) is 1.57. The van der Waals surface area contributed by atoms with Crippen LogP contribution in [0.1, 0.15) is 26.3 Å². The van der Waals surface area contributed by atoms with Crippen molar-refractivity contribution in [3.8, 4) is 17.2 Å². The summed E-state index contributed by atoms with van der Waals surface area (Å²) in [6, 6.07) is 3.64. The van der Waals surface area contributed by atoms with E-state index in [0.29, 0.717) is 11.5 Å². The van der Waals surface area contributed by atoms with Crippen LogP contribution in [0.25, 0.3) is 0 Å². The number of ether oxygens (including phenoxy) is 3. The van der Waals surface area contributed by atoms with Crippen molar-refractivity contribution in [1.82, 2.24) is 0 Å². The van der Waals surface area contributed by atoms with E-state index < -0.39 is 6.10 Å². The molecule has 18 heavy (non-hydrogen) atoms.